The van der Waals surface area contributed by atoms with Crippen LogP contribution in [-0.2, 0) is 0 Å². The Bertz CT molecular complexity index is 735. The Morgan fingerprint density at radius 2 is 1.91 bits per heavy atom. The second kappa shape index (κ2) is 7.48. The molecule has 1 N–H and O–H groups in total. The Labute approximate surface area is 143 Å². The number of hydrogen-bond donors (Lipinski definition) is 1. The molecule has 2 aromatic carbocycles. The van der Waals surface area contributed by atoms with Gasteiger partial charge in [0.2, 0.25) is 0 Å². The van der Waals surface area contributed by atoms with Gasteiger partial charge in [-0.1, -0.05) is 23.7 Å². The largest absolute Gasteiger partial charge is 0.346 e. The van der Waals surface area contributed by atoms with Crippen molar-refractivity contribution in [2.75, 3.05) is 6.26 Å². The van der Waals surface area contributed by atoms with E-state index in [-0.39, 0.29) is 23.2 Å². The highest BCUT2D eigenvalue weighted by atomic mass is 35.5. The second-order valence-electron chi connectivity index (χ2n) is 4.89. The number of rotatable bonds is 5. The maximum atomic E-state index is 12.3. The minimum Gasteiger partial charge on any atom is -0.346 e. The average molecular weight is 351 g/mol. The number of carbonyl (C=O) groups excluding carboxylic acids is 1. The lowest BCUT2D eigenvalue weighted by atomic mass is 10.1. The van der Waals surface area contributed by atoms with Crippen molar-refractivity contribution >= 4 is 35.0 Å². The number of halogens is 1. The number of benzene rings is 2. The summed E-state index contributed by atoms with van der Waals surface area (Å²) in [7, 11) is 0. The lowest BCUT2D eigenvalue weighted by molar-refractivity contribution is -0.387. The van der Waals surface area contributed by atoms with Crippen molar-refractivity contribution in [1.29, 1.82) is 0 Å². The Balaban J connectivity index is 2.18. The lowest BCUT2D eigenvalue weighted by Crippen LogP contribution is -2.26. The zero-order valence-electron chi connectivity index (χ0n) is 12.6. The van der Waals surface area contributed by atoms with Crippen molar-refractivity contribution < 1.29 is 9.72 Å². The molecule has 0 spiro atoms. The van der Waals surface area contributed by atoms with E-state index in [0.29, 0.717) is 9.92 Å². The topological polar surface area (TPSA) is 72.2 Å². The van der Waals surface area contributed by atoms with Gasteiger partial charge in [-0.05, 0) is 43.0 Å². The fraction of sp³-hybridized carbons (Fsp3) is 0.188. The van der Waals surface area contributed by atoms with Crippen LogP contribution in [0.4, 0.5) is 5.69 Å². The smallest absolute Gasteiger partial charge is 0.283 e. The number of thioether (sulfide) groups is 1. The minimum atomic E-state index is -0.481. The van der Waals surface area contributed by atoms with Gasteiger partial charge in [0, 0.05) is 16.7 Å². The maximum absolute atomic E-state index is 12.3. The third-order valence-corrected chi connectivity index (χ3v) is 4.39. The number of nitrogens with one attached hydrogen (secondary N) is 1. The predicted molar refractivity (Wildman–Crippen MR) is 92.2 cm³/mol. The van der Waals surface area contributed by atoms with Gasteiger partial charge in [-0.25, -0.2) is 0 Å². The van der Waals surface area contributed by atoms with Gasteiger partial charge in [-0.3, -0.25) is 14.9 Å². The molecule has 0 aliphatic rings. The molecule has 2 aromatic rings. The van der Waals surface area contributed by atoms with E-state index < -0.39 is 4.92 Å². The number of hydrogen-bond acceptors (Lipinski definition) is 4. The molecule has 0 aliphatic heterocycles. The van der Waals surface area contributed by atoms with Crippen LogP contribution in [0, 0.1) is 10.1 Å². The average Bonchev–Trinajstić information content (AvgIpc) is 2.54. The minimum absolute atomic E-state index is 0.0655. The third kappa shape index (κ3) is 4.24. The van der Waals surface area contributed by atoms with E-state index in [1.54, 1.807) is 30.5 Å². The van der Waals surface area contributed by atoms with Crippen LogP contribution in [0.5, 0.6) is 0 Å². The summed E-state index contributed by atoms with van der Waals surface area (Å²) in [6.07, 6.45) is 1.75. The van der Waals surface area contributed by atoms with Gasteiger partial charge >= 0.3 is 0 Å². The molecule has 0 radical (unpaired) electrons. The Kier molecular flexibility index (Phi) is 5.63. The van der Waals surface area contributed by atoms with E-state index >= 15 is 0 Å². The summed E-state index contributed by atoms with van der Waals surface area (Å²) in [5.74, 6) is -0.358. The fourth-order valence-electron chi connectivity index (χ4n) is 2.09. The highest BCUT2D eigenvalue weighted by Crippen LogP contribution is 2.28. The van der Waals surface area contributed by atoms with Crippen LogP contribution < -0.4 is 5.32 Å². The summed E-state index contributed by atoms with van der Waals surface area (Å²) in [6, 6.07) is 11.4. The summed E-state index contributed by atoms with van der Waals surface area (Å²) in [5.41, 5.74) is 1.09. The van der Waals surface area contributed by atoms with Gasteiger partial charge in [0.25, 0.3) is 11.6 Å². The highest BCUT2D eigenvalue weighted by Gasteiger charge is 2.18. The molecular weight excluding hydrogens is 336 g/mol. The lowest BCUT2D eigenvalue weighted by Gasteiger charge is -2.14. The first-order valence-corrected chi connectivity index (χ1v) is 8.41. The zero-order chi connectivity index (χ0) is 17.0. The van der Waals surface area contributed by atoms with E-state index in [1.807, 2.05) is 19.1 Å². The SMILES string of the molecule is CSc1ccc(C(=O)NC(C)c2ccc(Cl)cc2)cc1[N+](=O)[O-]. The van der Waals surface area contributed by atoms with Gasteiger partial charge in [-0.2, -0.15) is 0 Å². The van der Waals surface area contributed by atoms with E-state index in [1.165, 1.54) is 17.8 Å². The van der Waals surface area contributed by atoms with Crippen molar-refractivity contribution in [2.45, 2.75) is 17.9 Å². The number of nitro benzene ring substituents is 1. The van der Waals surface area contributed by atoms with Gasteiger partial charge in [0.15, 0.2) is 0 Å². The van der Waals surface area contributed by atoms with E-state index in [2.05, 4.69) is 5.32 Å². The fourth-order valence-corrected chi connectivity index (χ4v) is 2.76. The standard InChI is InChI=1S/C16H15ClN2O3S/c1-10(11-3-6-13(17)7-4-11)18-16(20)12-5-8-15(23-2)14(9-12)19(21)22/h3-10H,1-2H3,(H,18,20). The molecule has 5 nitrogen and oxygen atoms in total. The van der Waals surface area contributed by atoms with Crippen LogP contribution in [-0.4, -0.2) is 17.1 Å². The van der Waals surface area contributed by atoms with Gasteiger partial charge in [0.1, 0.15) is 0 Å². The number of nitro groups is 1. The van der Waals surface area contributed by atoms with Crippen molar-refractivity contribution in [3.05, 3.63) is 68.7 Å². The Morgan fingerprint density at radius 3 is 2.48 bits per heavy atom. The first kappa shape index (κ1) is 17.3. The second-order valence-corrected chi connectivity index (χ2v) is 6.17. The molecule has 2 rings (SSSR count). The molecule has 0 bridgehead atoms. The van der Waals surface area contributed by atoms with E-state index in [4.69, 9.17) is 11.6 Å². The molecule has 0 fully saturated rings. The summed E-state index contributed by atoms with van der Waals surface area (Å²) >= 11 is 7.11. The molecule has 0 aromatic heterocycles. The van der Waals surface area contributed by atoms with Crippen molar-refractivity contribution in [1.82, 2.24) is 5.32 Å². The van der Waals surface area contributed by atoms with Gasteiger partial charge in [-0.15, -0.1) is 11.8 Å². The van der Waals surface area contributed by atoms with Crippen molar-refractivity contribution in [2.24, 2.45) is 0 Å². The highest BCUT2D eigenvalue weighted by molar-refractivity contribution is 7.98. The predicted octanol–water partition coefficient (Wildman–Crippen LogP) is 4.46. The molecule has 7 heteroatoms. The van der Waals surface area contributed by atoms with Crippen LogP contribution in [0.15, 0.2) is 47.4 Å². The molecule has 0 aliphatic carbocycles. The molecule has 1 unspecified atom stereocenters. The number of carbonyl (C=O) groups is 1. The molecule has 1 amide bonds. The van der Waals surface area contributed by atoms with Crippen LogP contribution in [0.25, 0.3) is 0 Å². The maximum Gasteiger partial charge on any atom is 0.283 e. The van der Waals surface area contributed by atoms with Gasteiger partial charge < -0.3 is 5.32 Å². The van der Waals surface area contributed by atoms with Gasteiger partial charge in [0.05, 0.1) is 15.9 Å². The first-order chi connectivity index (χ1) is 10.9. The zero-order valence-corrected chi connectivity index (χ0v) is 14.1. The van der Waals surface area contributed by atoms with Crippen LogP contribution >= 0.6 is 23.4 Å². The van der Waals surface area contributed by atoms with E-state index in [9.17, 15) is 14.9 Å². The normalized spacial score (nSPS) is 11.8. The van der Waals surface area contributed by atoms with Crippen LogP contribution in [0.1, 0.15) is 28.9 Å². The van der Waals surface area contributed by atoms with E-state index in [0.717, 1.165) is 5.56 Å². The summed E-state index contributed by atoms with van der Waals surface area (Å²) < 4.78 is 0. The molecule has 1 atom stereocenters. The Morgan fingerprint density at radius 1 is 1.26 bits per heavy atom. The Hall–Kier alpha value is -2.05. The summed E-state index contributed by atoms with van der Waals surface area (Å²) in [4.78, 5) is 23.4. The number of nitrogens with zero attached hydrogens (tertiary/aromatic N) is 1. The number of amides is 1. The van der Waals surface area contributed by atoms with Crippen LogP contribution in [0.2, 0.25) is 5.02 Å². The summed E-state index contributed by atoms with van der Waals surface area (Å²) in [6.45, 7) is 1.84. The molecular formula is C16H15ClN2O3S. The molecule has 0 heterocycles. The van der Waals surface area contributed by atoms with Crippen LogP contribution in [0.3, 0.4) is 0 Å². The molecule has 0 saturated heterocycles. The monoisotopic (exact) mass is 350 g/mol. The molecule has 23 heavy (non-hydrogen) atoms. The summed E-state index contributed by atoms with van der Waals surface area (Å²) in [5, 5.41) is 14.5. The molecule has 120 valence electrons. The molecule has 0 saturated carbocycles. The quantitative estimate of drug-likeness (QED) is 0.491. The third-order valence-electron chi connectivity index (χ3n) is 3.36. The first-order valence-electron chi connectivity index (χ1n) is 6.81. The van der Waals surface area contributed by atoms with Crippen molar-refractivity contribution in [3.63, 3.8) is 0 Å². The van der Waals surface area contributed by atoms with Crippen molar-refractivity contribution in [3.8, 4) is 0 Å².